The quantitative estimate of drug-likeness (QED) is 0.810. The Balaban J connectivity index is 1.85. The molecule has 1 atom stereocenters. The molecule has 1 aliphatic heterocycles. The summed E-state index contributed by atoms with van der Waals surface area (Å²) in [5.74, 6) is -0.192. The first-order valence-electron chi connectivity index (χ1n) is 7.86. The summed E-state index contributed by atoms with van der Waals surface area (Å²) >= 11 is 5.69. The van der Waals surface area contributed by atoms with Gasteiger partial charge in [0, 0.05) is 19.7 Å². The third-order valence-corrected chi connectivity index (χ3v) is 4.42. The molecule has 3 rings (SSSR count). The lowest BCUT2D eigenvalue weighted by atomic mass is 9.90. The maximum atomic E-state index is 12.4. The van der Waals surface area contributed by atoms with Crippen molar-refractivity contribution < 1.29 is 9.59 Å². The van der Waals surface area contributed by atoms with E-state index in [0.717, 1.165) is 5.56 Å². The van der Waals surface area contributed by atoms with E-state index in [0.29, 0.717) is 5.69 Å². The lowest BCUT2D eigenvalue weighted by molar-refractivity contribution is -0.128. The number of Topliss-reactive ketones (excluding diaryl/α,β-unsaturated/α-hetero) is 1. The number of carbonyl (C=O) groups excluding carboxylic acids is 2. The van der Waals surface area contributed by atoms with E-state index in [2.05, 4.69) is 19.9 Å². The number of pyridine rings is 1. The highest BCUT2D eigenvalue weighted by Crippen LogP contribution is 2.31. The van der Waals surface area contributed by atoms with Crippen LogP contribution < -0.4 is 5.73 Å². The van der Waals surface area contributed by atoms with Gasteiger partial charge in [0.05, 0.1) is 24.5 Å². The second-order valence-electron chi connectivity index (χ2n) is 6.25. The van der Waals surface area contributed by atoms with Crippen molar-refractivity contribution in [2.24, 2.45) is 10.7 Å². The summed E-state index contributed by atoms with van der Waals surface area (Å²) in [4.78, 5) is 42.4. The van der Waals surface area contributed by atoms with Crippen molar-refractivity contribution in [3.8, 4) is 0 Å². The fraction of sp³-hybridized carbons (Fsp3) is 0.294. The van der Waals surface area contributed by atoms with E-state index in [9.17, 15) is 9.59 Å². The van der Waals surface area contributed by atoms with Gasteiger partial charge in [0.1, 0.15) is 16.4 Å². The Labute approximate surface area is 155 Å². The summed E-state index contributed by atoms with van der Waals surface area (Å²) in [5, 5.41) is 0.225. The molecule has 3 heterocycles. The largest absolute Gasteiger partial charge is 0.369 e. The maximum Gasteiger partial charge on any atom is 0.231 e. The fourth-order valence-electron chi connectivity index (χ4n) is 2.67. The lowest BCUT2D eigenvalue weighted by Crippen LogP contribution is -2.47. The van der Waals surface area contributed by atoms with Crippen LogP contribution in [0.25, 0.3) is 0 Å². The van der Waals surface area contributed by atoms with Crippen molar-refractivity contribution in [2.45, 2.75) is 25.3 Å². The van der Waals surface area contributed by atoms with Crippen LogP contribution in [0.5, 0.6) is 0 Å². The molecule has 1 aliphatic rings. The maximum absolute atomic E-state index is 12.4. The minimum absolute atomic E-state index is 0.120. The molecule has 0 fully saturated rings. The number of aliphatic imine (C=N–C) groups is 1. The highest BCUT2D eigenvalue weighted by atomic mass is 35.5. The predicted octanol–water partition coefficient (Wildman–Crippen LogP) is 1.34. The molecule has 1 amide bonds. The van der Waals surface area contributed by atoms with Gasteiger partial charge in [-0.15, -0.1) is 0 Å². The Bertz CT molecular complexity index is 898. The van der Waals surface area contributed by atoms with Gasteiger partial charge in [-0.1, -0.05) is 11.6 Å². The number of amides is 1. The minimum Gasteiger partial charge on any atom is -0.369 e. The average molecular weight is 373 g/mol. The molecule has 2 N–H and O–H groups in total. The highest BCUT2D eigenvalue weighted by molar-refractivity contribution is 6.29. The van der Waals surface area contributed by atoms with Crippen LogP contribution in [0.1, 0.15) is 35.1 Å². The van der Waals surface area contributed by atoms with E-state index < -0.39 is 5.54 Å². The van der Waals surface area contributed by atoms with Gasteiger partial charge in [0.15, 0.2) is 11.7 Å². The number of nitrogens with two attached hydrogens (primary N) is 1. The van der Waals surface area contributed by atoms with Gasteiger partial charge in [-0.3, -0.25) is 19.5 Å². The first-order chi connectivity index (χ1) is 12.3. The Hall–Kier alpha value is -2.87. The topological polar surface area (TPSA) is 114 Å². The second-order valence-corrected chi connectivity index (χ2v) is 6.63. The highest BCUT2D eigenvalue weighted by Gasteiger charge is 2.37. The third-order valence-electron chi connectivity index (χ3n) is 4.22. The van der Waals surface area contributed by atoms with Crippen molar-refractivity contribution in [3.63, 3.8) is 0 Å². The van der Waals surface area contributed by atoms with E-state index in [4.69, 9.17) is 17.3 Å². The summed E-state index contributed by atoms with van der Waals surface area (Å²) in [6.45, 7) is 1.80. The van der Waals surface area contributed by atoms with E-state index in [-0.39, 0.29) is 41.3 Å². The standard InChI is InChI=1S/C17H17ClN6O2/c1-17(7-15(26)24(2)16(19)23-17)13-6-10(3-4-20-13)5-12(25)11-8-22-14(18)9-21-11/h3-4,6,8-9H,5,7H2,1-2H3,(H2,19,23). The van der Waals surface area contributed by atoms with Crippen LogP contribution in [0.15, 0.2) is 35.7 Å². The number of hydrogen-bond donors (Lipinski definition) is 1. The number of rotatable bonds is 4. The van der Waals surface area contributed by atoms with Crippen LogP contribution in [-0.2, 0) is 16.8 Å². The van der Waals surface area contributed by atoms with Gasteiger partial charge in [-0.05, 0) is 24.6 Å². The van der Waals surface area contributed by atoms with E-state index in [1.807, 2.05) is 0 Å². The zero-order valence-electron chi connectivity index (χ0n) is 14.3. The monoisotopic (exact) mass is 372 g/mol. The van der Waals surface area contributed by atoms with Crippen LogP contribution >= 0.6 is 11.6 Å². The van der Waals surface area contributed by atoms with Crippen LogP contribution in [0.3, 0.4) is 0 Å². The van der Waals surface area contributed by atoms with Crippen molar-refractivity contribution >= 4 is 29.3 Å². The van der Waals surface area contributed by atoms with Crippen LogP contribution in [0.4, 0.5) is 0 Å². The van der Waals surface area contributed by atoms with Gasteiger partial charge in [-0.25, -0.2) is 15.0 Å². The number of hydrogen-bond acceptors (Lipinski definition) is 7. The van der Waals surface area contributed by atoms with E-state index in [1.54, 1.807) is 32.3 Å². The molecule has 2 aromatic heterocycles. The van der Waals surface area contributed by atoms with Crippen LogP contribution in [-0.4, -0.2) is 44.5 Å². The average Bonchev–Trinajstić information content (AvgIpc) is 2.60. The van der Waals surface area contributed by atoms with Crippen molar-refractivity contribution in [1.82, 2.24) is 19.9 Å². The molecule has 1 unspecified atom stereocenters. The van der Waals surface area contributed by atoms with Crippen molar-refractivity contribution in [2.75, 3.05) is 7.05 Å². The number of guanidine groups is 1. The first kappa shape index (κ1) is 17.9. The fourth-order valence-corrected chi connectivity index (χ4v) is 2.76. The van der Waals surface area contributed by atoms with Gasteiger partial charge in [0.25, 0.3) is 0 Å². The molecular formula is C17H17ClN6O2. The Morgan fingerprint density at radius 1 is 1.35 bits per heavy atom. The first-order valence-corrected chi connectivity index (χ1v) is 8.24. The van der Waals surface area contributed by atoms with E-state index in [1.165, 1.54) is 17.3 Å². The molecule has 2 aromatic rings. The summed E-state index contributed by atoms with van der Waals surface area (Å²) in [5.41, 5.74) is 6.51. The molecule has 134 valence electrons. The molecule has 9 heteroatoms. The lowest BCUT2D eigenvalue weighted by Gasteiger charge is -2.32. The molecule has 0 saturated carbocycles. The van der Waals surface area contributed by atoms with Gasteiger partial charge in [0.2, 0.25) is 5.91 Å². The molecule has 0 aliphatic carbocycles. The van der Waals surface area contributed by atoms with Crippen molar-refractivity contribution in [3.05, 3.63) is 52.8 Å². The smallest absolute Gasteiger partial charge is 0.231 e. The van der Waals surface area contributed by atoms with Crippen LogP contribution in [0.2, 0.25) is 5.15 Å². The Morgan fingerprint density at radius 3 is 2.77 bits per heavy atom. The number of aromatic nitrogens is 3. The number of carbonyl (C=O) groups is 2. The summed E-state index contributed by atoms with van der Waals surface area (Å²) in [6.07, 6.45) is 4.53. The zero-order valence-corrected chi connectivity index (χ0v) is 15.1. The molecule has 0 aromatic carbocycles. The summed E-state index contributed by atoms with van der Waals surface area (Å²) in [6, 6.07) is 3.49. The summed E-state index contributed by atoms with van der Waals surface area (Å²) < 4.78 is 0. The normalized spacial score (nSPS) is 20.0. The van der Waals surface area contributed by atoms with Crippen molar-refractivity contribution in [1.29, 1.82) is 0 Å². The second kappa shape index (κ2) is 6.80. The SMILES string of the molecule is CN1C(=O)CC(C)(c2cc(CC(=O)c3cnc(Cl)cn3)ccn2)N=C1N. The molecule has 26 heavy (non-hydrogen) atoms. The molecule has 8 nitrogen and oxygen atoms in total. The molecule has 0 saturated heterocycles. The van der Waals surface area contributed by atoms with Gasteiger partial charge in [-0.2, -0.15) is 0 Å². The molecule has 0 radical (unpaired) electrons. The zero-order chi connectivity index (χ0) is 18.9. The Morgan fingerprint density at radius 2 is 2.12 bits per heavy atom. The predicted molar refractivity (Wildman–Crippen MR) is 95.7 cm³/mol. The number of nitrogens with zero attached hydrogens (tertiary/aromatic N) is 5. The van der Waals surface area contributed by atoms with E-state index >= 15 is 0 Å². The van der Waals surface area contributed by atoms with Crippen LogP contribution in [0, 0.1) is 0 Å². The summed E-state index contributed by atoms with van der Waals surface area (Å²) in [7, 11) is 1.58. The third kappa shape index (κ3) is 3.55. The molecule has 0 spiro atoms. The number of ketones is 1. The minimum atomic E-state index is -0.868. The Kier molecular flexibility index (Phi) is 4.69. The molecular weight excluding hydrogens is 356 g/mol. The van der Waals surface area contributed by atoms with Gasteiger partial charge >= 0.3 is 0 Å². The molecule has 0 bridgehead atoms. The van der Waals surface area contributed by atoms with Gasteiger partial charge < -0.3 is 5.73 Å². The number of halogens is 1.